The molecule has 22 heavy (non-hydrogen) atoms. The van der Waals surface area contributed by atoms with Crippen LogP contribution in [0.25, 0.3) is 0 Å². The van der Waals surface area contributed by atoms with E-state index in [9.17, 15) is 14.4 Å². The summed E-state index contributed by atoms with van der Waals surface area (Å²) in [5.74, 6) is 0. The molecule has 0 aliphatic heterocycles. The summed E-state index contributed by atoms with van der Waals surface area (Å²) < 4.78 is 9.67. The number of ether oxygens (including phenoxy) is 2. The van der Waals surface area contributed by atoms with Gasteiger partial charge in [0.2, 0.25) is 0 Å². The zero-order chi connectivity index (χ0) is 16.6. The van der Waals surface area contributed by atoms with Gasteiger partial charge in [-0.05, 0) is 26.3 Å². The minimum Gasteiger partial charge on any atom is -0.449 e. The van der Waals surface area contributed by atoms with Crippen molar-refractivity contribution in [2.24, 2.45) is 0 Å². The maximum Gasteiger partial charge on any atom is 0.430 e. The van der Waals surface area contributed by atoms with E-state index in [1.54, 1.807) is 44.2 Å². The third kappa shape index (κ3) is 3.97. The molecule has 0 aliphatic rings. The SMILES string of the molecule is CCOC(=O)NN(C(=O)OCC)[C@@](C)(C=O)c1ccccc1. The van der Waals surface area contributed by atoms with Crippen molar-refractivity contribution in [3.05, 3.63) is 35.9 Å². The number of carbonyl (C=O) groups is 3. The lowest BCUT2D eigenvalue weighted by molar-refractivity contribution is -0.119. The molecule has 1 N–H and O–H groups in total. The first-order chi connectivity index (χ1) is 10.5. The fraction of sp³-hybridized carbons (Fsp3) is 0.400. The molecule has 1 rings (SSSR count). The number of carbonyl (C=O) groups excluding carboxylic acids is 3. The summed E-state index contributed by atoms with van der Waals surface area (Å²) in [5, 5.41) is 0.830. The number of rotatable bonds is 5. The molecule has 2 amide bonds. The van der Waals surface area contributed by atoms with Crippen LogP contribution in [0, 0.1) is 0 Å². The van der Waals surface area contributed by atoms with Crippen molar-refractivity contribution in [2.75, 3.05) is 13.2 Å². The summed E-state index contributed by atoms with van der Waals surface area (Å²) in [4.78, 5) is 35.5. The number of amides is 2. The molecule has 0 fully saturated rings. The summed E-state index contributed by atoms with van der Waals surface area (Å²) in [7, 11) is 0. The predicted octanol–water partition coefficient (Wildman–Crippen LogP) is 2.22. The topological polar surface area (TPSA) is 84.9 Å². The molecule has 0 saturated heterocycles. The van der Waals surface area contributed by atoms with Crippen molar-refractivity contribution in [1.29, 1.82) is 0 Å². The van der Waals surface area contributed by atoms with Crippen molar-refractivity contribution in [3.63, 3.8) is 0 Å². The smallest absolute Gasteiger partial charge is 0.430 e. The Bertz CT molecular complexity index is 520. The van der Waals surface area contributed by atoms with E-state index < -0.39 is 17.7 Å². The largest absolute Gasteiger partial charge is 0.449 e. The Morgan fingerprint density at radius 2 is 1.77 bits per heavy atom. The molecule has 1 aromatic rings. The van der Waals surface area contributed by atoms with Crippen LogP contribution in [0.3, 0.4) is 0 Å². The van der Waals surface area contributed by atoms with E-state index in [-0.39, 0.29) is 13.2 Å². The molecule has 0 heterocycles. The average Bonchev–Trinajstić information content (AvgIpc) is 2.53. The molecule has 0 spiro atoms. The van der Waals surface area contributed by atoms with Crippen molar-refractivity contribution >= 4 is 18.5 Å². The monoisotopic (exact) mass is 308 g/mol. The molecular weight excluding hydrogens is 288 g/mol. The number of aldehydes is 1. The summed E-state index contributed by atoms with van der Waals surface area (Å²) in [6.07, 6.45) is -1.14. The highest BCUT2D eigenvalue weighted by atomic mass is 16.6. The zero-order valence-corrected chi connectivity index (χ0v) is 12.9. The molecule has 0 aliphatic carbocycles. The lowest BCUT2D eigenvalue weighted by atomic mass is 9.93. The van der Waals surface area contributed by atoms with Gasteiger partial charge in [0.15, 0.2) is 6.29 Å². The Kier molecular flexibility index (Phi) is 6.37. The van der Waals surface area contributed by atoms with Crippen molar-refractivity contribution in [1.82, 2.24) is 10.4 Å². The van der Waals surface area contributed by atoms with Crippen LogP contribution in [0.1, 0.15) is 26.3 Å². The molecule has 7 heteroatoms. The number of hydrogen-bond donors (Lipinski definition) is 1. The van der Waals surface area contributed by atoms with Gasteiger partial charge in [-0.15, -0.1) is 0 Å². The summed E-state index contributed by atoms with van der Waals surface area (Å²) in [5.41, 5.74) is 1.35. The first-order valence-electron chi connectivity index (χ1n) is 6.91. The van der Waals surface area contributed by atoms with Crippen LogP contribution >= 0.6 is 0 Å². The average molecular weight is 308 g/mol. The molecule has 1 atom stereocenters. The van der Waals surface area contributed by atoms with Gasteiger partial charge >= 0.3 is 12.2 Å². The summed E-state index contributed by atoms with van der Waals surface area (Å²) in [6.45, 7) is 4.99. The molecule has 120 valence electrons. The lowest BCUT2D eigenvalue weighted by Gasteiger charge is -2.35. The first kappa shape index (κ1) is 17.5. The second-order valence-corrected chi connectivity index (χ2v) is 4.50. The molecule has 0 bridgehead atoms. The van der Waals surface area contributed by atoms with Gasteiger partial charge in [0.1, 0.15) is 5.54 Å². The van der Waals surface area contributed by atoms with Crippen LogP contribution in [0.4, 0.5) is 9.59 Å². The fourth-order valence-electron chi connectivity index (χ4n) is 1.82. The van der Waals surface area contributed by atoms with Gasteiger partial charge in [-0.25, -0.2) is 15.0 Å². The van der Waals surface area contributed by atoms with Crippen molar-refractivity contribution in [3.8, 4) is 0 Å². The summed E-state index contributed by atoms with van der Waals surface area (Å²) in [6, 6.07) is 8.58. The maximum atomic E-state index is 12.1. The van der Waals surface area contributed by atoms with Gasteiger partial charge in [0.05, 0.1) is 13.2 Å². The van der Waals surface area contributed by atoms with Gasteiger partial charge in [-0.3, -0.25) is 0 Å². The van der Waals surface area contributed by atoms with Crippen LogP contribution in [0.15, 0.2) is 30.3 Å². The number of hydrazine groups is 1. The van der Waals surface area contributed by atoms with Crippen LogP contribution < -0.4 is 5.43 Å². The number of nitrogens with one attached hydrogen (secondary N) is 1. The number of nitrogens with zero attached hydrogens (tertiary/aromatic N) is 1. The van der Waals surface area contributed by atoms with E-state index in [1.165, 1.54) is 6.92 Å². The van der Waals surface area contributed by atoms with E-state index in [4.69, 9.17) is 9.47 Å². The van der Waals surface area contributed by atoms with Crippen molar-refractivity contribution < 1.29 is 23.9 Å². The fourth-order valence-corrected chi connectivity index (χ4v) is 1.82. The molecule has 7 nitrogen and oxygen atoms in total. The zero-order valence-electron chi connectivity index (χ0n) is 12.9. The third-order valence-corrected chi connectivity index (χ3v) is 2.98. The van der Waals surface area contributed by atoms with Crippen molar-refractivity contribution in [2.45, 2.75) is 26.3 Å². The highest BCUT2D eigenvalue weighted by Gasteiger charge is 2.40. The quantitative estimate of drug-likeness (QED) is 0.666. The lowest BCUT2D eigenvalue weighted by Crippen LogP contribution is -2.58. The summed E-state index contributed by atoms with van der Waals surface area (Å²) >= 11 is 0. The van der Waals surface area contributed by atoms with E-state index in [0.717, 1.165) is 5.01 Å². The molecular formula is C15H20N2O5. The van der Waals surface area contributed by atoms with E-state index in [2.05, 4.69) is 5.43 Å². The van der Waals surface area contributed by atoms with Gasteiger partial charge in [0, 0.05) is 0 Å². The Hall–Kier alpha value is -2.57. The second kappa shape index (κ2) is 8.02. The first-order valence-corrected chi connectivity index (χ1v) is 6.91. The van der Waals surface area contributed by atoms with Crippen LogP contribution in [0.5, 0.6) is 0 Å². The molecule has 0 aromatic heterocycles. The molecule has 0 radical (unpaired) electrons. The Balaban J connectivity index is 3.18. The van der Waals surface area contributed by atoms with E-state index in [0.29, 0.717) is 11.8 Å². The number of hydrogen-bond acceptors (Lipinski definition) is 5. The molecule has 0 unspecified atom stereocenters. The van der Waals surface area contributed by atoms with E-state index in [1.807, 2.05) is 0 Å². The van der Waals surface area contributed by atoms with Gasteiger partial charge in [-0.2, -0.15) is 5.01 Å². The van der Waals surface area contributed by atoms with Gasteiger partial charge in [0.25, 0.3) is 0 Å². The highest BCUT2D eigenvalue weighted by molar-refractivity contribution is 5.80. The molecule has 1 aromatic carbocycles. The van der Waals surface area contributed by atoms with Crippen LogP contribution in [0.2, 0.25) is 0 Å². The van der Waals surface area contributed by atoms with E-state index >= 15 is 0 Å². The Labute approximate surface area is 129 Å². The van der Waals surface area contributed by atoms with Gasteiger partial charge in [-0.1, -0.05) is 30.3 Å². The normalized spacial score (nSPS) is 12.7. The number of benzene rings is 1. The standard InChI is InChI=1S/C15H20N2O5/c1-4-21-13(19)16-17(14(20)22-5-2)15(3,11-18)12-9-7-6-8-10-12/h6-11H,4-5H2,1-3H3,(H,16,19)/t15-/m0/s1. The second-order valence-electron chi connectivity index (χ2n) is 4.50. The van der Waals surface area contributed by atoms with Crippen LogP contribution in [-0.4, -0.2) is 36.7 Å². The molecule has 0 saturated carbocycles. The highest BCUT2D eigenvalue weighted by Crippen LogP contribution is 2.25. The Morgan fingerprint density at radius 1 is 1.18 bits per heavy atom. The van der Waals surface area contributed by atoms with Crippen LogP contribution in [-0.2, 0) is 19.8 Å². The minimum absolute atomic E-state index is 0.101. The predicted molar refractivity (Wildman–Crippen MR) is 78.9 cm³/mol. The third-order valence-electron chi connectivity index (χ3n) is 2.98. The maximum absolute atomic E-state index is 12.1. The Morgan fingerprint density at radius 3 is 2.27 bits per heavy atom. The van der Waals surface area contributed by atoms with Gasteiger partial charge < -0.3 is 14.3 Å². The minimum atomic E-state index is -1.43.